The summed E-state index contributed by atoms with van der Waals surface area (Å²) in [6.07, 6.45) is 5.87. The highest BCUT2D eigenvalue weighted by Gasteiger charge is 2.23. The van der Waals surface area contributed by atoms with Crippen molar-refractivity contribution in [3.05, 3.63) is 18.2 Å². The standard InChI is InChI=1S/C19H28N2O4/c1-14(22)21(15-7-5-4-6-8-15)12-11-19(23)20-17-13-16(24-2)9-10-18(17)25-3/h9-10,13,15H,4-8,11-12H2,1-3H3,(H,20,23). The summed E-state index contributed by atoms with van der Waals surface area (Å²) in [5.74, 6) is 1.11. The lowest BCUT2D eigenvalue weighted by Gasteiger charge is -2.33. The monoisotopic (exact) mass is 348 g/mol. The molecule has 0 bridgehead atoms. The molecule has 0 atom stereocenters. The highest BCUT2D eigenvalue weighted by atomic mass is 16.5. The second-order valence-electron chi connectivity index (χ2n) is 6.37. The molecule has 1 fully saturated rings. The van der Waals surface area contributed by atoms with Crippen LogP contribution in [0.1, 0.15) is 45.4 Å². The van der Waals surface area contributed by atoms with Crippen LogP contribution in [0.15, 0.2) is 18.2 Å². The lowest BCUT2D eigenvalue weighted by atomic mass is 9.94. The van der Waals surface area contributed by atoms with E-state index in [9.17, 15) is 9.59 Å². The average molecular weight is 348 g/mol. The molecule has 1 aliphatic rings. The maximum atomic E-state index is 12.3. The van der Waals surface area contributed by atoms with Gasteiger partial charge in [0.25, 0.3) is 0 Å². The van der Waals surface area contributed by atoms with Gasteiger partial charge < -0.3 is 19.7 Å². The van der Waals surface area contributed by atoms with Crippen molar-refractivity contribution in [3.8, 4) is 11.5 Å². The number of hydrogen-bond acceptors (Lipinski definition) is 4. The maximum Gasteiger partial charge on any atom is 0.226 e. The number of hydrogen-bond donors (Lipinski definition) is 1. The van der Waals surface area contributed by atoms with Gasteiger partial charge in [0.15, 0.2) is 0 Å². The lowest BCUT2D eigenvalue weighted by Crippen LogP contribution is -2.41. The van der Waals surface area contributed by atoms with E-state index < -0.39 is 0 Å². The largest absolute Gasteiger partial charge is 0.497 e. The molecule has 6 nitrogen and oxygen atoms in total. The first-order chi connectivity index (χ1) is 12.0. The van der Waals surface area contributed by atoms with Crippen LogP contribution in [0, 0.1) is 0 Å². The van der Waals surface area contributed by atoms with E-state index >= 15 is 0 Å². The Morgan fingerprint density at radius 1 is 1.16 bits per heavy atom. The highest BCUT2D eigenvalue weighted by molar-refractivity contribution is 5.93. The molecule has 0 spiro atoms. The van der Waals surface area contributed by atoms with Gasteiger partial charge in [-0.15, -0.1) is 0 Å². The first kappa shape index (κ1) is 19.1. The molecule has 0 unspecified atom stereocenters. The first-order valence-corrected chi connectivity index (χ1v) is 8.84. The van der Waals surface area contributed by atoms with Gasteiger partial charge in [-0.25, -0.2) is 0 Å². The zero-order valence-electron chi connectivity index (χ0n) is 15.3. The number of amides is 2. The predicted molar refractivity (Wildman–Crippen MR) is 97.1 cm³/mol. The van der Waals surface area contributed by atoms with Crippen LogP contribution < -0.4 is 14.8 Å². The number of rotatable bonds is 7. The van der Waals surface area contributed by atoms with Crippen molar-refractivity contribution in [3.63, 3.8) is 0 Å². The topological polar surface area (TPSA) is 67.9 Å². The van der Waals surface area contributed by atoms with Crippen molar-refractivity contribution in [2.45, 2.75) is 51.5 Å². The summed E-state index contributed by atoms with van der Waals surface area (Å²) in [4.78, 5) is 26.1. The molecule has 0 radical (unpaired) electrons. The smallest absolute Gasteiger partial charge is 0.226 e. The van der Waals surface area contributed by atoms with Crippen molar-refractivity contribution in [2.24, 2.45) is 0 Å². The van der Waals surface area contributed by atoms with Crippen molar-refractivity contribution in [1.29, 1.82) is 0 Å². The normalized spacial score (nSPS) is 14.7. The molecular formula is C19H28N2O4. The van der Waals surface area contributed by atoms with Gasteiger partial charge in [-0.05, 0) is 25.0 Å². The lowest BCUT2D eigenvalue weighted by molar-refractivity contribution is -0.132. The van der Waals surface area contributed by atoms with E-state index in [2.05, 4.69) is 5.32 Å². The van der Waals surface area contributed by atoms with Gasteiger partial charge in [0.2, 0.25) is 11.8 Å². The van der Waals surface area contributed by atoms with E-state index in [0.29, 0.717) is 23.7 Å². The number of nitrogens with one attached hydrogen (secondary N) is 1. The van der Waals surface area contributed by atoms with E-state index in [1.165, 1.54) is 6.42 Å². The Hall–Kier alpha value is -2.24. The van der Waals surface area contributed by atoms with Crippen LogP contribution >= 0.6 is 0 Å². The number of carbonyl (C=O) groups is 2. The third-order valence-electron chi connectivity index (χ3n) is 4.68. The third kappa shape index (κ3) is 5.37. The van der Waals surface area contributed by atoms with Crippen LogP contribution in [-0.4, -0.2) is 43.5 Å². The van der Waals surface area contributed by atoms with Crippen molar-refractivity contribution < 1.29 is 19.1 Å². The average Bonchev–Trinajstić information content (AvgIpc) is 2.62. The number of benzene rings is 1. The zero-order valence-corrected chi connectivity index (χ0v) is 15.3. The van der Waals surface area contributed by atoms with Crippen LogP contribution in [0.4, 0.5) is 5.69 Å². The van der Waals surface area contributed by atoms with Gasteiger partial charge in [0.1, 0.15) is 11.5 Å². The Balaban J connectivity index is 1.95. The summed E-state index contributed by atoms with van der Waals surface area (Å²) in [5.41, 5.74) is 0.568. The fourth-order valence-corrected chi connectivity index (χ4v) is 3.34. The van der Waals surface area contributed by atoms with Crippen molar-refractivity contribution >= 4 is 17.5 Å². The first-order valence-electron chi connectivity index (χ1n) is 8.84. The summed E-state index contributed by atoms with van der Waals surface area (Å²) in [5, 5.41) is 2.85. The predicted octanol–water partition coefficient (Wildman–Crippen LogP) is 3.21. The number of carbonyl (C=O) groups excluding carboxylic acids is 2. The van der Waals surface area contributed by atoms with E-state index in [4.69, 9.17) is 9.47 Å². The van der Waals surface area contributed by atoms with Gasteiger partial charge in [0, 0.05) is 32.0 Å². The van der Waals surface area contributed by atoms with Crippen molar-refractivity contribution in [2.75, 3.05) is 26.1 Å². The van der Waals surface area contributed by atoms with Gasteiger partial charge in [-0.1, -0.05) is 19.3 Å². The van der Waals surface area contributed by atoms with E-state index in [1.54, 1.807) is 39.3 Å². The van der Waals surface area contributed by atoms with Gasteiger partial charge in [0.05, 0.1) is 19.9 Å². The molecule has 1 N–H and O–H groups in total. The second-order valence-corrected chi connectivity index (χ2v) is 6.37. The van der Waals surface area contributed by atoms with Crippen LogP contribution in [0.5, 0.6) is 11.5 Å². The molecule has 6 heteroatoms. The molecule has 1 aromatic rings. The van der Waals surface area contributed by atoms with Gasteiger partial charge in [-0.2, -0.15) is 0 Å². The fourth-order valence-electron chi connectivity index (χ4n) is 3.34. The molecule has 0 saturated heterocycles. The Morgan fingerprint density at radius 2 is 1.88 bits per heavy atom. The van der Waals surface area contributed by atoms with E-state index in [0.717, 1.165) is 25.7 Å². The summed E-state index contributed by atoms with van der Waals surface area (Å²) in [6, 6.07) is 5.51. The van der Waals surface area contributed by atoms with Crippen LogP contribution in [0.25, 0.3) is 0 Å². The summed E-state index contributed by atoms with van der Waals surface area (Å²) in [7, 11) is 3.13. The summed E-state index contributed by atoms with van der Waals surface area (Å²) < 4.78 is 10.5. The SMILES string of the molecule is COc1ccc(OC)c(NC(=O)CCN(C(C)=O)C2CCCCC2)c1. The maximum absolute atomic E-state index is 12.3. The third-order valence-corrected chi connectivity index (χ3v) is 4.68. The summed E-state index contributed by atoms with van der Waals surface area (Å²) in [6.45, 7) is 2.02. The highest BCUT2D eigenvalue weighted by Crippen LogP contribution is 2.29. The van der Waals surface area contributed by atoms with Gasteiger partial charge in [-0.3, -0.25) is 9.59 Å². The van der Waals surface area contributed by atoms with E-state index in [-0.39, 0.29) is 24.3 Å². The second kappa shape index (κ2) is 9.30. The zero-order chi connectivity index (χ0) is 18.2. The molecule has 0 aliphatic heterocycles. The molecule has 138 valence electrons. The Bertz CT molecular complexity index is 597. The molecular weight excluding hydrogens is 320 g/mol. The van der Waals surface area contributed by atoms with Crippen molar-refractivity contribution in [1.82, 2.24) is 4.90 Å². The Kier molecular flexibility index (Phi) is 7.10. The number of ether oxygens (including phenoxy) is 2. The Labute approximate surface area is 149 Å². The Morgan fingerprint density at radius 3 is 2.48 bits per heavy atom. The number of nitrogens with zero attached hydrogens (tertiary/aromatic N) is 1. The molecule has 2 amide bonds. The number of methoxy groups -OCH3 is 2. The minimum atomic E-state index is -0.145. The van der Waals surface area contributed by atoms with Gasteiger partial charge >= 0.3 is 0 Å². The molecule has 25 heavy (non-hydrogen) atoms. The quantitative estimate of drug-likeness (QED) is 0.821. The molecule has 0 heterocycles. The fraction of sp³-hybridized carbons (Fsp3) is 0.579. The van der Waals surface area contributed by atoms with Crippen LogP contribution in [-0.2, 0) is 9.59 Å². The molecule has 2 rings (SSSR count). The number of anilines is 1. The minimum absolute atomic E-state index is 0.0404. The van der Waals surface area contributed by atoms with Crippen LogP contribution in [0.3, 0.4) is 0 Å². The molecule has 0 aromatic heterocycles. The van der Waals surface area contributed by atoms with E-state index in [1.807, 2.05) is 4.90 Å². The molecule has 1 aliphatic carbocycles. The molecule has 1 saturated carbocycles. The summed E-state index contributed by atoms with van der Waals surface area (Å²) >= 11 is 0. The molecule has 1 aromatic carbocycles. The minimum Gasteiger partial charge on any atom is -0.497 e. The van der Waals surface area contributed by atoms with Crippen LogP contribution in [0.2, 0.25) is 0 Å².